The van der Waals surface area contributed by atoms with Gasteiger partial charge >= 0.3 is 0 Å². The lowest BCUT2D eigenvalue weighted by Crippen LogP contribution is -2.13. The van der Waals surface area contributed by atoms with Gasteiger partial charge in [-0.05, 0) is 31.0 Å². The van der Waals surface area contributed by atoms with E-state index in [1.807, 2.05) is 6.07 Å². The monoisotopic (exact) mass is 420 g/mol. The summed E-state index contributed by atoms with van der Waals surface area (Å²) in [6.45, 7) is 0. The maximum atomic E-state index is 11.8. The van der Waals surface area contributed by atoms with Crippen molar-refractivity contribution in [1.82, 2.24) is 20.2 Å². The molecule has 1 aromatic carbocycles. The maximum absolute atomic E-state index is 11.8. The van der Waals surface area contributed by atoms with E-state index in [0.29, 0.717) is 28.1 Å². The fourth-order valence-corrected chi connectivity index (χ4v) is 3.62. The van der Waals surface area contributed by atoms with Gasteiger partial charge in [0.15, 0.2) is 17.5 Å². The molecule has 11 heteroatoms. The summed E-state index contributed by atoms with van der Waals surface area (Å²) < 4.78 is 28.7. The number of sulfonamides is 1. The highest BCUT2D eigenvalue weighted by Crippen LogP contribution is 2.40. The molecule has 0 spiro atoms. The highest BCUT2D eigenvalue weighted by Gasteiger charge is 2.25. The molecule has 2 heterocycles. The van der Waals surface area contributed by atoms with E-state index >= 15 is 0 Å². The van der Waals surface area contributed by atoms with Gasteiger partial charge in [-0.1, -0.05) is 11.6 Å². The van der Waals surface area contributed by atoms with E-state index in [-0.39, 0.29) is 16.5 Å². The van der Waals surface area contributed by atoms with Gasteiger partial charge in [0, 0.05) is 23.2 Å². The quantitative estimate of drug-likeness (QED) is 0.557. The second kappa shape index (κ2) is 7.04. The van der Waals surface area contributed by atoms with Crippen molar-refractivity contribution in [2.24, 2.45) is 5.14 Å². The van der Waals surface area contributed by atoms with Crippen LogP contribution in [-0.2, 0) is 10.0 Å². The number of nitrogens with one attached hydrogen (secondary N) is 2. The molecule has 28 heavy (non-hydrogen) atoms. The van der Waals surface area contributed by atoms with E-state index in [1.165, 1.54) is 25.4 Å². The van der Waals surface area contributed by atoms with Gasteiger partial charge in [0.1, 0.15) is 15.7 Å². The minimum absolute atomic E-state index is 0.141. The Morgan fingerprint density at radius 2 is 2.11 bits per heavy atom. The first-order chi connectivity index (χ1) is 13.3. The van der Waals surface area contributed by atoms with E-state index in [0.717, 1.165) is 18.5 Å². The number of ether oxygens (including phenoxy) is 1. The van der Waals surface area contributed by atoms with Crippen molar-refractivity contribution in [1.29, 1.82) is 0 Å². The summed E-state index contributed by atoms with van der Waals surface area (Å²) in [7, 11) is -2.61. The van der Waals surface area contributed by atoms with Gasteiger partial charge in [-0.15, -0.1) is 0 Å². The number of H-pyrrole nitrogens is 1. The molecule has 3 aromatic rings. The number of benzene rings is 1. The summed E-state index contributed by atoms with van der Waals surface area (Å²) in [5.74, 6) is 1.90. The predicted octanol–water partition coefficient (Wildman–Crippen LogP) is 2.80. The van der Waals surface area contributed by atoms with Crippen molar-refractivity contribution >= 4 is 33.3 Å². The average Bonchev–Trinajstić information content (AvgIpc) is 3.41. The van der Waals surface area contributed by atoms with Crippen molar-refractivity contribution in [2.75, 3.05) is 12.4 Å². The van der Waals surface area contributed by atoms with Crippen LogP contribution in [0.5, 0.6) is 5.75 Å². The Labute approximate surface area is 166 Å². The van der Waals surface area contributed by atoms with Crippen molar-refractivity contribution in [3.8, 4) is 17.1 Å². The molecule has 0 unspecified atom stereocenters. The molecule has 1 fully saturated rings. The van der Waals surface area contributed by atoms with E-state index in [4.69, 9.17) is 21.5 Å². The number of anilines is 2. The summed E-state index contributed by atoms with van der Waals surface area (Å²) in [6.07, 6.45) is 3.75. The molecule has 1 aliphatic rings. The lowest BCUT2D eigenvalue weighted by atomic mass is 10.2. The second-order valence-electron chi connectivity index (χ2n) is 6.41. The van der Waals surface area contributed by atoms with Gasteiger partial charge in [0.2, 0.25) is 10.0 Å². The van der Waals surface area contributed by atoms with Crippen LogP contribution >= 0.6 is 11.6 Å². The van der Waals surface area contributed by atoms with Crippen LogP contribution in [0.4, 0.5) is 11.6 Å². The second-order valence-corrected chi connectivity index (χ2v) is 8.35. The Hall–Kier alpha value is -2.69. The van der Waals surface area contributed by atoms with Crippen molar-refractivity contribution < 1.29 is 13.2 Å². The topological polar surface area (TPSA) is 136 Å². The largest absolute Gasteiger partial charge is 0.495 e. The highest BCUT2D eigenvalue weighted by atomic mass is 35.5. The van der Waals surface area contributed by atoms with Crippen LogP contribution in [0, 0.1) is 0 Å². The molecular formula is C17H17ClN6O3S. The SMILES string of the molecule is COc1ccc(-c2ncc(Cl)c(Nc3cc(C4CC4)[nH]n3)n2)cc1S(N)(=O)=O. The lowest BCUT2D eigenvalue weighted by molar-refractivity contribution is 0.403. The van der Waals surface area contributed by atoms with Gasteiger partial charge in [-0.3, -0.25) is 5.10 Å². The van der Waals surface area contributed by atoms with E-state index in [2.05, 4.69) is 25.5 Å². The Morgan fingerprint density at radius 1 is 1.32 bits per heavy atom. The van der Waals surface area contributed by atoms with Crippen molar-refractivity contribution in [2.45, 2.75) is 23.7 Å². The summed E-state index contributed by atoms with van der Waals surface area (Å²) in [5, 5.41) is 15.9. The van der Waals surface area contributed by atoms with Crippen molar-refractivity contribution in [3.05, 3.63) is 41.2 Å². The first-order valence-corrected chi connectivity index (χ1v) is 10.3. The van der Waals surface area contributed by atoms with Crippen LogP contribution in [-0.4, -0.2) is 35.7 Å². The number of hydrogen-bond acceptors (Lipinski definition) is 7. The molecule has 0 bridgehead atoms. The molecule has 4 N–H and O–H groups in total. The number of nitrogens with two attached hydrogens (primary N) is 1. The summed E-state index contributed by atoms with van der Waals surface area (Å²) >= 11 is 6.21. The molecule has 0 saturated heterocycles. The highest BCUT2D eigenvalue weighted by molar-refractivity contribution is 7.89. The molecule has 0 atom stereocenters. The molecule has 2 aromatic heterocycles. The number of methoxy groups -OCH3 is 1. The Bertz CT molecular complexity index is 1140. The van der Waals surface area contributed by atoms with Gasteiger partial charge in [0.25, 0.3) is 0 Å². The average molecular weight is 421 g/mol. The van der Waals surface area contributed by atoms with Crippen LogP contribution in [0.15, 0.2) is 35.4 Å². The third-order valence-electron chi connectivity index (χ3n) is 4.33. The Kier molecular flexibility index (Phi) is 4.69. The minimum atomic E-state index is -3.98. The van der Waals surface area contributed by atoms with Crippen LogP contribution in [0.3, 0.4) is 0 Å². The zero-order chi connectivity index (χ0) is 19.9. The molecule has 0 aliphatic heterocycles. The first kappa shape index (κ1) is 18.7. The zero-order valence-corrected chi connectivity index (χ0v) is 16.4. The van der Waals surface area contributed by atoms with E-state index < -0.39 is 10.0 Å². The minimum Gasteiger partial charge on any atom is -0.495 e. The Balaban J connectivity index is 1.68. The fourth-order valence-electron chi connectivity index (χ4n) is 2.76. The van der Waals surface area contributed by atoms with Gasteiger partial charge in [-0.2, -0.15) is 5.10 Å². The van der Waals surface area contributed by atoms with Gasteiger partial charge in [-0.25, -0.2) is 23.5 Å². The molecule has 146 valence electrons. The number of primary sulfonamides is 1. The molecule has 1 saturated carbocycles. The number of aromatic nitrogens is 4. The number of rotatable bonds is 6. The Morgan fingerprint density at radius 3 is 2.79 bits per heavy atom. The van der Waals surface area contributed by atoms with Crippen LogP contribution in [0.1, 0.15) is 24.5 Å². The summed E-state index contributed by atoms with van der Waals surface area (Å²) in [5.41, 5.74) is 1.52. The molecule has 0 amide bonds. The zero-order valence-electron chi connectivity index (χ0n) is 14.8. The first-order valence-electron chi connectivity index (χ1n) is 8.41. The van der Waals surface area contributed by atoms with Gasteiger partial charge < -0.3 is 10.1 Å². The van der Waals surface area contributed by atoms with Gasteiger partial charge in [0.05, 0.1) is 13.3 Å². The van der Waals surface area contributed by atoms with Crippen LogP contribution in [0.25, 0.3) is 11.4 Å². The molecule has 9 nitrogen and oxygen atoms in total. The van der Waals surface area contributed by atoms with E-state index in [1.54, 1.807) is 6.07 Å². The maximum Gasteiger partial charge on any atom is 0.241 e. The molecule has 0 radical (unpaired) electrons. The van der Waals surface area contributed by atoms with Crippen LogP contribution < -0.4 is 15.2 Å². The molecule has 4 rings (SSSR count). The van der Waals surface area contributed by atoms with E-state index in [9.17, 15) is 8.42 Å². The third kappa shape index (κ3) is 3.79. The molecule has 1 aliphatic carbocycles. The number of hydrogen-bond donors (Lipinski definition) is 3. The summed E-state index contributed by atoms with van der Waals surface area (Å²) in [6, 6.07) is 6.42. The number of nitrogens with zero attached hydrogens (tertiary/aromatic N) is 3. The smallest absolute Gasteiger partial charge is 0.241 e. The predicted molar refractivity (Wildman–Crippen MR) is 104 cm³/mol. The lowest BCUT2D eigenvalue weighted by Gasteiger charge is -2.10. The van der Waals surface area contributed by atoms with Crippen LogP contribution in [0.2, 0.25) is 5.02 Å². The number of halogens is 1. The fraction of sp³-hybridized carbons (Fsp3) is 0.235. The molecular weight excluding hydrogens is 404 g/mol. The van der Waals surface area contributed by atoms with Crippen molar-refractivity contribution in [3.63, 3.8) is 0 Å². The normalized spacial score (nSPS) is 14.1. The summed E-state index contributed by atoms with van der Waals surface area (Å²) in [4.78, 5) is 8.44. The third-order valence-corrected chi connectivity index (χ3v) is 5.54. The standard InChI is InChI=1S/C17H17ClN6O3S/c1-27-13-5-4-10(6-14(13)28(19,25)26)16-20-8-11(18)17(22-16)21-15-7-12(23-24-15)9-2-3-9/h4-9H,2-3H2,1H3,(H2,19,25,26)(H2,20,21,22,23,24). The number of aromatic amines is 1.